The van der Waals surface area contributed by atoms with Gasteiger partial charge in [0.15, 0.2) is 6.29 Å². The van der Waals surface area contributed by atoms with Gasteiger partial charge < -0.3 is 9.80 Å². The number of nitrogens with zero attached hydrogens (tertiary/aromatic N) is 3. The van der Waals surface area contributed by atoms with Crippen LogP contribution in [-0.2, 0) is 0 Å². The van der Waals surface area contributed by atoms with Crippen molar-refractivity contribution in [1.82, 2.24) is 9.80 Å². The van der Waals surface area contributed by atoms with Crippen molar-refractivity contribution < 1.29 is 4.79 Å². The van der Waals surface area contributed by atoms with Crippen molar-refractivity contribution in [1.29, 1.82) is 0 Å². The first-order valence-corrected chi connectivity index (χ1v) is 7.76. The molecular formula is C15H22BrN3O. The molecule has 20 heavy (non-hydrogen) atoms. The van der Waals surface area contributed by atoms with E-state index in [-0.39, 0.29) is 0 Å². The van der Waals surface area contributed by atoms with E-state index in [2.05, 4.69) is 44.7 Å². The Hall–Kier alpha value is -0.910. The van der Waals surface area contributed by atoms with Gasteiger partial charge in [0.1, 0.15) is 0 Å². The second kappa shape index (κ2) is 7.20. The number of piperazine rings is 1. The van der Waals surface area contributed by atoms with Gasteiger partial charge in [-0.15, -0.1) is 0 Å². The van der Waals surface area contributed by atoms with E-state index < -0.39 is 0 Å². The van der Waals surface area contributed by atoms with Gasteiger partial charge in [0.25, 0.3) is 0 Å². The molecule has 1 saturated heterocycles. The summed E-state index contributed by atoms with van der Waals surface area (Å²) in [6, 6.07) is 5.84. The predicted molar refractivity (Wildman–Crippen MR) is 86.7 cm³/mol. The highest BCUT2D eigenvalue weighted by molar-refractivity contribution is 9.10. The number of likely N-dealkylation sites (N-methyl/N-ethyl adjacent to an activating group) is 1. The molecule has 1 heterocycles. The van der Waals surface area contributed by atoms with Gasteiger partial charge >= 0.3 is 0 Å². The van der Waals surface area contributed by atoms with E-state index in [4.69, 9.17) is 0 Å². The Morgan fingerprint density at radius 1 is 1.25 bits per heavy atom. The molecule has 0 aromatic heterocycles. The molecule has 0 saturated carbocycles. The van der Waals surface area contributed by atoms with Crippen molar-refractivity contribution in [3.05, 3.63) is 28.2 Å². The number of hydrogen-bond acceptors (Lipinski definition) is 4. The summed E-state index contributed by atoms with van der Waals surface area (Å²) in [5.41, 5.74) is 1.82. The highest BCUT2D eigenvalue weighted by Crippen LogP contribution is 2.25. The molecule has 0 atom stereocenters. The zero-order valence-electron chi connectivity index (χ0n) is 12.2. The lowest BCUT2D eigenvalue weighted by Gasteiger charge is -2.37. The lowest BCUT2D eigenvalue weighted by molar-refractivity contribution is 0.112. The van der Waals surface area contributed by atoms with Crippen molar-refractivity contribution >= 4 is 27.9 Å². The lowest BCUT2D eigenvalue weighted by Crippen LogP contribution is -2.48. The van der Waals surface area contributed by atoms with Crippen LogP contribution in [0.1, 0.15) is 10.4 Å². The van der Waals surface area contributed by atoms with Gasteiger partial charge in [0, 0.05) is 55.0 Å². The van der Waals surface area contributed by atoms with Crippen LogP contribution in [0.5, 0.6) is 0 Å². The molecule has 110 valence electrons. The largest absolute Gasteiger partial charge is 0.368 e. The molecule has 1 aromatic rings. The molecule has 1 aliphatic rings. The van der Waals surface area contributed by atoms with Gasteiger partial charge in [-0.1, -0.05) is 15.9 Å². The summed E-state index contributed by atoms with van der Waals surface area (Å²) in [7, 11) is 4.21. The quantitative estimate of drug-likeness (QED) is 0.766. The Kier molecular flexibility index (Phi) is 5.57. The average molecular weight is 340 g/mol. The van der Waals surface area contributed by atoms with E-state index in [0.29, 0.717) is 0 Å². The number of benzene rings is 1. The van der Waals surface area contributed by atoms with Gasteiger partial charge in [-0.25, -0.2) is 0 Å². The second-order valence-electron chi connectivity index (χ2n) is 5.45. The van der Waals surface area contributed by atoms with E-state index in [1.807, 2.05) is 18.2 Å². The molecule has 0 bridgehead atoms. The van der Waals surface area contributed by atoms with Gasteiger partial charge in [0.2, 0.25) is 0 Å². The Labute approximate surface area is 129 Å². The topological polar surface area (TPSA) is 26.8 Å². The number of anilines is 1. The normalized spacial score (nSPS) is 16.7. The SMILES string of the molecule is CN(C)CCN1CCN(c2cc(Br)ccc2C=O)CC1. The fourth-order valence-corrected chi connectivity index (χ4v) is 2.79. The highest BCUT2D eigenvalue weighted by atomic mass is 79.9. The molecule has 0 unspecified atom stereocenters. The number of carbonyl (C=O) groups excluding carboxylic acids is 1. The standard InChI is InChI=1S/C15H22BrN3O/c1-17(2)5-6-18-7-9-19(10-8-18)15-11-14(16)4-3-13(15)12-20/h3-4,11-12H,5-10H2,1-2H3. The van der Waals surface area contributed by atoms with Gasteiger partial charge in [-0.05, 0) is 32.3 Å². The number of hydrogen-bond donors (Lipinski definition) is 0. The molecule has 1 aliphatic heterocycles. The van der Waals surface area contributed by atoms with E-state index in [0.717, 1.165) is 61.3 Å². The van der Waals surface area contributed by atoms with Gasteiger partial charge in [-0.3, -0.25) is 9.69 Å². The van der Waals surface area contributed by atoms with Crippen LogP contribution in [0.2, 0.25) is 0 Å². The number of aldehydes is 1. The molecule has 4 nitrogen and oxygen atoms in total. The maximum Gasteiger partial charge on any atom is 0.152 e. The van der Waals surface area contributed by atoms with Gasteiger partial charge in [-0.2, -0.15) is 0 Å². The van der Waals surface area contributed by atoms with Crippen molar-refractivity contribution in [2.45, 2.75) is 0 Å². The Balaban J connectivity index is 1.96. The molecule has 2 rings (SSSR count). The molecule has 0 radical (unpaired) electrons. The summed E-state index contributed by atoms with van der Waals surface area (Å²) in [5.74, 6) is 0. The van der Waals surface area contributed by atoms with Crippen LogP contribution in [0.3, 0.4) is 0 Å². The number of rotatable bonds is 5. The lowest BCUT2D eigenvalue weighted by atomic mass is 10.1. The van der Waals surface area contributed by atoms with Crippen LogP contribution in [0.25, 0.3) is 0 Å². The highest BCUT2D eigenvalue weighted by Gasteiger charge is 2.19. The Bertz CT molecular complexity index is 456. The monoisotopic (exact) mass is 339 g/mol. The molecule has 0 N–H and O–H groups in total. The van der Waals surface area contributed by atoms with E-state index >= 15 is 0 Å². The summed E-state index contributed by atoms with van der Waals surface area (Å²) >= 11 is 3.49. The fraction of sp³-hybridized carbons (Fsp3) is 0.533. The maximum absolute atomic E-state index is 11.2. The number of halogens is 1. The molecular weight excluding hydrogens is 318 g/mol. The first kappa shape index (κ1) is 15.5. The molecule has 1 aromatic carbocycles. The van der Waals surface area contributed by atoms with Crippen molar-refractivity contribution in [2.24, 2.45) is 0 Å². The summed E-state index contributed by atoms with van der Waals surface area (Å²) < 4.78 is 1.02. The molecule has 1 fully saturated rings. The Morgan fingerprint density at radius 2 is 1.95 bits per heavy atom. The van der Waals surface area contributed by atoms with Crippen molar-refractivity contribution in [3.63, 3.8) is 0 Å². The molecule has 0 amide bonds. The molecule has 0 aliphatic carbocycles. The first-order valence-electron chi connectivity index (χ1n) is 6.97. The minimum Gasteiger partial charge on any atom is -0.368 e. The smallest absolute Gasteiger partial charge is 0.152 e. The molecule has 0 spiro atoms. The van der Waals surface area contributed by atoms with Crippen LogP contribution in [-0.4, -0.2) is 69.4 Å². The van der Waals surface area contributed by atoms with Crippen LogP contribution < -0.4 is 4.90 Å². The van der Waals surface area contributed by atoms with Crippen molar-refractivity contribution in [3.8, 4) is 0 Å². The predicted octanol–water partition coefficient (Wildman–Crippen LogP) is 1.95. The van der Waals surface area contributed by atoms with E-state index in [1.54, 1.807) is 0 Å². The van der Waals surface area contributed by atoms with Crippen LogP contribution in [0.15, 0.2) is 22.7 Å². The third-order valence-electron chi connectivity index (χ3n) is 3.70. The maximum atomic E-state index is 11.2. The van der Waals surface area contributed by atoms with E-state index in [9.17, 15) is 4.79 Å². The van der Waals surface area contributed by atoms with E-state index in [1.165, 1.54) is 0 Å². The van der Waals surface area contributed by atoms with Crippen LogP contribution >= 0.6 is 15.9 Å². The third kappa shape index (κ3) is 4.04. The van der Waals surface area contributed by atoms with Crippen LogP contribution in [0.4, 0.5) is 5.69 Å². The first-order chi connectivity index (χ1) is 9.60. The fourth-order valence-electron chi connectivity index (χ4n) is 2.44. The van der Waals surface area contributed by atoms with Crippen molar-refractivity contribution in [2.75, 3.05) is 58.3 Å². The number of carbonyl (C=O) groups is 1. The third-order valence-corrected chi connectivity index (χ3v) is 4.19. The summed E-state index contributed by atoms with van der Waals surface area (Å²) in [5, 5.41) is 0. The Morgan fingerprint density at radius 3 is 2.55 bits per heavy atom. The van der Waals surface area contributed by atoms with Gasteiger partial charge in [0.05, 0.1) is 0 Å². The minimum absolute atomic E-state index is 0.773. The minimum atomic E-state index is 0.773. The second-order valence-corrected chi connectivity index (χ2v) is 6.37. The van der Waals surface area contributed by atoms with Crippen LogP contribution in [0, 0.1) is 0 Å². The zero-order valence-corrected chi connectivity index (χ0v) is 13.8. The summed E-state index contributed by atoms with van der Waals surface area (Å²) in [4.78, 5) is 18.2. The zero-order chi connectivity index (χ0) is 14.5. The summed E-state index contributed by atoms with van der Waals surface area (Å²) in [6.45, 7) is 6.27. The molecule has 5 heteroatoms. The average Bonchev–Trinajstić information content (AvgIpc) is 2.45. The summed E-state index contributed by atoms with van der Waals surface area (Å²) in [6.07, 6.45) is 0.945.